The van der Waals surface area contributed by atoms with E-state index in [-0.39, 0.29) is 0 Å². The van der Waals surface area contributed by atoms with Gasteiger partial charge in [-0.2, -0.15) is 0 Å². The fraction of sp³-hybridized carbons (Fsp3) is 0.312. The van der Waals surface area contributed by atoms with Gasteiger partial charge >= 0.3 is 0 Å². The van der Waals surface area contributed by atoms with Crippen molar-refractivity contribution in [2.45, 2.75) is 32.9 Å². The second-order valence-corrected chi connectivity index (χ2v) is 4.74. The number of rotatable bonds is 5. The molecule has 1 atom stereocenters. The van der Waals surface area contributed by atoms with Crippen molar-refractivity contribution in [3.8, 4) is 0 Å². The average Bonchev–Trinajstić information content (AvgIpc) is 2.38. The SMILES string of the molecule is Cc1cccc(CNC(C)Cc2ccccc2)n1. The van der Waals surface area contributed by atoms with Crippen LogP contribution in [0.2, 0.25) is 0 Å². The van der Waals surface area contributed by atoms with Crippen LogP contribution in [0.25, 0.3) is 0 Å². The molecule has 18 heavy (non-hydrogen) atoms. The van der Waals surface area contributed by atoms with Crippen LogP contribution in [0, 0.1) is 6.92 Å². The van der Waals surface area contributed by atoms with Gasteiger partial charge in [-0.25, -0.2) is 0 Å². The first-order valence-corrected chi connectivity index (χ1v) is 6.44. The van der Waals surface area contributed by atoms with Crippen molar-refractivity contribution in [2.75, 3.05) is 0 Å². The molecule has 2 nitrogen and oxygen atoms in total. The van der Waals surface area contributed by atoms with E-state index < -0.39 is 0 Å². The summed E-state index contributed by atoms with van der Waals surface area (Å²) in [5.74, 6) is 0. The minimum atomic E-state index is 0.453. The van der Waals surface area contributed by atoms with Crippen LogP contribution in [-0.2, 0) is 13.0 Å². The summed E-state index contributed by atoms with van der Waals surface area (Å²) in [6.07, 6.45) is 1.05. The monoisotopic (exact) mass is 240 g/mol. The Bertz CT molecular complexity index is 479. The molecule has 0 fully saturated rings. The van der Waals surface area contributed by atoms with Crippen molar-refractivity contribution in [1.29, 1.82) is 0 Å². The van der Waals surface area contributed by atoms with E-state index in [0.717, 1.165) is 24.4 Å². The highest BCUT2D eigenvalue weighted by Gasteiger charge is 2.03. The van der Waals surface area contributed by atoms with E-state index in [9.17, 15) is 0 Å². The highest BCUT2D eigenvalue weighted by Crippen LogP contribution is 2.04. The van der Waals surface area contributed by atoms with E-state index in [0.29, 0.717) is 6.04 Å². The Balaban J connectivity index is 1.83. The molecule has 0 aliphatic carbocycles. The third-order valence-corrected chi connectivity index (χ3v) is 2.96. The lowest BCUT2D eigenvalue weighted by molar-refractivity contribution is 0.539. The Morgan fingerprint density at radius 1 is 1.06 bits per heavy atom. The highest BCUT2D eigenvalue weighted by molar-refractivity contribution is 5.16. The van der Waals surface area contributed by atoms with E-state index in [4.69, 9.17) is 0 Å². The molecule has 0 aliphatic rings. The summed E-state index contributed by atoms with van der Waals surface area (Å²) in [4.78, 5) is 4.49. The first-order valence-electron chi connectivity index (χ1n) is 6.44. The summed E-state index contributed by atoms with van der Waals surface area (Å²) >= 11 is 0. The van der Waals surface area contributed by atoms with Crippen LogP contribution < -0.4 is 5.32 Å². The molecule has 2 aromatic rings. The van der Waals surface area contributed by atoms with Crippen LogP contribution >= 0.6 is 0 Å². The molecule has 0 bridgehead atoms. The van der Waals surface area contributed by atoms with Crippen LogP contribution in [0.4, 0.5) is 0 Å². The van der Waals surface area contributed by atoms with Crippen LogP contribution in [0.3, 0.4) is 0 Å². The van der Waals surface area contributed by atoms with Crippen LogP contribution in [-0.4, -0.2) is 11.0 Å². The number of hydrogen-bond donors (Lipinski definition) is 1. The highest BCUT2D eigenvalue weighted by atomic mass is 14.9. The molecular formula is C16H20N2. The number of nitrogens with zero attached hydrogens (tertiary/aromatic N) is 1. The van der Waals surface area contributed by atoms with Gasteiger partial charge in [0.15, 0.2) is 0 Å². The molecular weight excluding hydrogens is 220 g/mol. The molecule has 1 aromatic heterocycles. The summed E-state index contributed by atoms with van der Waals surface area (Å²) < 4.78 is 0. The lowest BCUT2D eigenvalue weighted by atomic mass is 10.1. The molecule has 0 saturated carbocycles. The third-order valence-electron chi connectivity index (χ3n) is 2.96. The molecule has 1 unspecified atom stereocenters. The number of aryl methyl sites for hydroxylation is 1. The standard InChI is InChI=1S/C16H20N2/c1-13-7-6-10-16(18-13)12-17-14(2)11-15-8-4-3-5-9-15/h3-10,14,17H,11-12H2,1-2H3. The lowest BCUT2D eigenvalue weighted by Crippen LogP contribution is -2.27. The first kappa shape index (κ1) is 12.8. The number of pyridine rings is 1. The van der Waals surface area contributed by atoms with Gasteiger partial charge in [0.2, 0.25) is 0 Å². The number of nitrogens with one attached hydrogen (secondary N) is 1. The summed E-state index contributed by atoms with van der Waals surface area (Å²) in [5, 5.41) is 3.51. The Morgan fingerprint density at radius 3 is 2.56 bits per heavy atom. The first-order chi connectivity index (χ1) is 8.74. The maximum Gasteiger partial charge on any atom is 0.0544 e. The molecule has 0 aliphatic heterocycles. The van der Waals surface area contributed by atoms with Gasteiger partial charge in [0.25, 0.3) is 0 Å². The predicted octanol–water partition coefficient (Wildman–Crippen LogP) is 3.11. The third kappa shape index (κ3) is 3.97. The zero-order chi connectivity index (χ0) is 12.8. The van der Waals surface area contributed by atoms with Gasteiger partial charge in [0.1, 0.15) is 0 Å². The summed E-state index contributed by atoms with van der Waals surface area (Å²) in [5.41, 5.74) is 3.55. The fourth-order valence-corrected chi connectivity index (χ4v) is 2.02. The largest absolute Gasteiger partial charge is 0.308 e. The van der Waals surface area contributed by atoms with E-state index in [1.807, 2.05) is 13.0 Å². The quantitative estimate of drug-likeness (QED) is 0.868. The topological polar surface area (TPSA) is 24.9 Å². The second kappa shape index (κ2) is 6.31. The van der Waals surface area contributed by atoms with Gasteiger partial charge in [-0.1, -0.05) is 36.4 Å². The Hall–Kier alpha value is -1.67. The van der Waals surface area contributed by atoms with Crippen LogP contribution in [0.15, 0.2) is 48.5 Å². The summed E-state index contributed by atoms with van der Waals surface area (Å²) in [7, 11) is 0. The van der Waals surface area contributed by atoms with Crippen molar-refractivity contribution in [3.63, 3.8) is 0 Å². The van der Waals surface area contributed by atoms with E-state index >= 15 is 0 Å². The molecule has 94 valence electrons. The molecule has 0 amide bonds. The van der Waals surface area contributed by atoms with Crippen molar-refractivity contribution in [2.24, 2.45) is 0 Å². The van der Waals surface area contributed by atoms with E-state index in [2.05, 4.69) is 59.7 Å². The molecule has 2 heteroatoms. The number of aromatic nitrogens is 1. The molecule has 1 aromatic carbocycles. The van der Waals surface area contributed by atoms with Crippen molar-refractivity contribution in [1.82, 2.24) is 10.3 Å². The van der Waals surface area contributed by atoms with E-state index in [1.165, 1.54) is 5.56 Å². The van der Waals surface area contributed by atoms with Gasteiger partial charge < -0.3 is 5.32 Å². The smallest absolute Gasteiger partial charge is 0.0544 e. The van der Waals surface area contributed by atoms with Gasteiger partial charge in [0, 0.05) is 18.3 Å². The zero-order valence-corrected chi connectivity index (χ0v) is 11.1. The summed E-state index contributed by atoms with van der Waals surface area (Å²) in [6.45, 7) is 5.06. The maximum atomic E-state index is 4.49. The molecule has 0 radical (unpaired) electrons. The van der Waals surface area contributed by atoms with Crippen LogP contribution in [0.5, 0.6) is 0 Å². The molecule has 2 rings (SSSR count). The summed E-state index contributed by atoms with van der Waals surface area (Å²) in [6, 6.07) is 17.2. The molecule has 1 heterocycles. The normalized spacial score (nSPS) is 12.3. The Kier molecular flexibility index (Phi) is 4.48. The molecule has 0 spiro atoms. The fourth-order valence-electron chi connectivity index (χ4n) is 2.02. The average molecular weight is 240 g/mol. The van der Waals surface area contributed by atoms with Crippen molar-refractivity contribution >= 4 is 0 Å². The minimum absolute atomic E-state index is 0.453. The van der Waals surface area contributed by atoms with Gasteiger partial charge in [-0.15, -0.1) is 0 Å². The van der Waals surface area contributed by atoms with Gasteiger partial charge in [-0.3, -0.25) is 4.98 Å². The predicted molar refractivity (Wildman–Crippen MR) is 75.4 cm³/mol. The maximum absolute atomic E-state index is 4.49. The van der Waals surface area contributed by atoms with Crippen molar-refractivity contribution in [3.05, 3.63) is 65.5 Å². The Morgan fingerprint density at radius 2 is 1.83 bits per heavy atom. The molecule has 1 N–H and O–H groups in total. The lowest BCUT2D eigenvalue weighted by Gasteiger charge is -2.13. The van der Waals surface area contributed by atoms with Crippen LogP contribution in [0.1, 0.15) is 23.9 Å². The number of benzene rings is 1. The van der Waals surface area contributed by atoms with Gasteiger partial charge in [-0.05, 0) is 38.0 Å². The molecule has 0 saturated heterocycles. The van der Waals surface area contributed by atoms with E-state index in [1.54, 1.807) is 0 Å². The zero-order valence-electron chi connectivity index (χ0n) is 11.1. The second-order valence-electron chi connectivity index (χ2n) is 4.74. The number of hydrogen-bond acceptors (Lipinski definition) is 2. The van der Waals surface area contributed by atoms with Crippen molar-refractivity contribution < 1.29 is 0 Å². The minimum Gasteiger partial charge on any atom is -0.308 e. The van der Waals surface area contributed by atoms with Gasteiger partial charge in [0.05, 0.1) is 5.69 Å². The Labute approximate surface area is 109 Å².